The highest BCUT2D eigenvalue weighted by atomic mass is 15.1. The minimum atomic E-state index is 0.655. The Labute approximate surface area is 162 Å². The van der Waals surface area contributed by atoms with Crippen LogP contribution >= 0.6 is 0 Å². The molecule has 0 saturated carbocycles. The van der Waals surface area contributed by atoms with Crippen LogP contribution in [0.2, 0.25) is 0 Å². The first-order valence-corrected chi connectivity index (χ1v) is 10.1. The minimum Gasteiger partial charge on any atom is -0.348 e. The molecule has 1 aromatic carbocycles. The Morgan fingerprint density at radius 3 is 2.15 bits per heavy atom. The van der Waals surface area contributed by atoms with E-state index in [9.17, 15) is 0 Å². The Morgan fingerprint density at radius 2 is 1.62 bits per heavy atom. The van der Waals surface area contributed by atoms with E-state index in [1.165, 1.54) is 28.8 Å². The van der Waals surface area contributed by atoms with Gasteiger partial charge in [0.2, 0.25) is 0 Å². The molecule has 144 valence electrons. The lowest BCUT2D eigenvalue weighted by Crippen LogP contribution is -2.20. The van der Waals surface area contributed by atoms with Crippen molar-refractivity contribution in [3.8, 4) is 0 Å². The average molecular weight is 354 g/mol. The molecule has 1 atom stereocenters. The molecule has 0 bridgehead atoms. The van der Waals surface area contributed by atoms with E-state index in [1.807, 2.05) is 13.8 Å². The lowest BCUT2D eigenvalue weighted by molar-refractivity contribution is 0.463. The Hall–Kier alpha value is -2.02. The highest BCUT2D eigenvalue weighted by Crippen LogP contribution is 2.24. The molecule has 1 heteroatoms. The van der Waals surface area contributed by atoms with Crippen LogP contribution in [0.4, 0.5) is 0 Å². The molecule has 0 N–H and O–H groups in total. The van der Waals surface area contributed by atoms with Gasteiger partial charge in [-0.05, 0) is 54.4 Å². The fraction of sp³-hybridized carbons (Fsp3) is 0.440. The third kappa shape index (κ3) is 7.47. The molecule has 1 aliphatic heterocycles. The standard InChI is InChI=1S/C21H29N.C2H6.C2H4/c1-5-15-22-16-7-8-21(18(22)4)14-11-19-9-12-20(13-10-19)17(3)6-2;2*1-2/h7-10,12-13,16-17H,4-6,11,14-15H2,1-3H3;1-2H3;1-2H2. The molecule has 1 heterocycles. The summed E-state index contributed by atoms with van der Waals surface area (Å²) < 4.78 is 0. The molecular formula is C25H39N. The number of nitrogens with zero attached hydrogens (tertiary/aromatic N) is 1. The lowest BCUT2D eigenvalue weighted by Gasteiger charge is -2.27. The van der Waals surface area contributed by atoms with E-state index >= 15 is 0 Å². The molecular weight excluding hydrogens is 314 g/mol. The third-order valence-electron chi connectivity index (χ3n) is 4.59. The van der Waals surface area contributed by atoms with Gasteiger partial charge >= 0.3 is 0 Å². The summed E-state index contributed by atoms with van der Waals surface area (Å²) >= 11 is 0. The van der Waals surface area contributed by atoms with E-state index in [0.29, 0.717) is 5.92 Å². The average Bonchev–Trinajstić information content (AvgIpc) is 2.71. The van der Waals surface area contributed by atoms with Crippen LogP contribution in [0.1, 0.15) is 70.9 Å². The first-order chi connectivity index (χ1) is 12.7. The maximum atomic E-state index is 4.26. The zero-order valence-electron chi connectivity index (χ0n) is 17.7. The van der Waals surface area contributed by atoms with Crippen LogP contribution in [-0.4, -0.2) is 11.4 Å². The Balaban J connectivity index is 0.00000146. The largest absolute Gasteiger partial charge is 0.348 e. The number of hydrogen-bond donors (Lipinski definition) is 0. The summed E-state index contributed by atoms with van der Waals surface area (Å²) in [7, 11) is 0. The number of hydrogen-bond acceptors (Lipinski definition) is 1. The first kappa shape index (κ1) is 24.0. The van der Waals surface area contributed by atoms with Crippen molar-refractivity contribution < 1.29 is 0 Å². The van der Waals surface area contributed by atoms with Gasteiger partial charge in [-0.2, -0.15) is 0 Å². The zero-order valence-corrected chi connectivity index (χ0v) is 17.7. The van der Waals surface area contributed by atoms with E-state index in [2.05, 4.69) is 88.0 Å². The van der Waals surface area contributed by atoms with Gasteiger partial charge < -0.3 is 4.90 Å². The summed E-state index contributed by atoms with van der Waals surface area (Å²) in [6.45, 7) is 22.1. The zero-order chi connectivity index (χ0) is 19.9. The molecule has 1 aromatic rings. The second-order valence-corrected chi connectivity index (χ2v) is 6.22. The monoisotopic (exact) mass is 353 g/mol. The van der Waals surface area contributed by atoms with Crippen molar-refractivity contribution in [2.24, 2.45) is 0 Å². The van der Waals surface area contributed by atoms with Crippen LogP contribution < -0.4 is 0 Å². The van der Waals surface area contributed by atoms with Crippen molar-refractivity contribution >= 4 is 0 Å². The molecule has 1 aliphatic rings. The summed E-state index contributed by atoms with van der Waals surface area (Å²) in [6, 6.07) is 9.15. The molecule has 0 aromatic heterocycles. The van der Waals surface area contributed by atoms with Gasteiger partial charge in [0.1, 0.15) is 0 Å². The predicted molar refractivity (Wildman–Crippen MR) is 119 cm³/mol. The fourth-order valence-electron chi connectivity index (χ4n) is 2.84. The second kappa shape index (κ2) is 14.2. The van der Waals surface area contributed by atoms with Gasteiger partial charge in [-0.15, -0.1) is 13.2 Å². The van der Waals surface area contributed by atoms with Gasteiger partial charge in [0, 0.05) is 18.4 Å². The van der Waals surface area contributed by atoms with Crippen molar-refractivity contribution in [1.82, 2.24) is 4.90 Å². The number of rotatable bonds is 7. The maximum Gasteiger partial charge on any atom is 0.0365 e. The summed E-state index contributed by atoms with van der Waals surface area (Å²) in [5.74, 6) is 0.655. The van der Waals surface area contributed by atoms with Crippen LogP contribution in [-0.2, 0) is 6.42 Å². The van der Waals surface area contributed by atoms with Gasteiger partial charge in [-0.1, -0.05) is 71.5 Å². The van der Waals surface area contributed by atoms with Crippen molar-refractivity contribution in [1.29, 1.82) is 0 Å². The summed E-state index contributed by atoms with van der Waals surface area (Å²) in [5, 5.41) is 0. The summed E-state index contributed by atoms with van der Waals surface area (Å²) in [5.41, 5.74) is 5.39. The van der Waals surface area contributed by atoms with Crippen molar-refractivity contribution in [3.63, 3.8) is 0 Å². The Kier molecular flexibility index (Phi) is 13.1. The van der Waals surface area contributed by atoms with Gasteiger partial charge in [0.15, 0.2) is 0 Å². The Bertz CT molecular complexity index is 562. The van der Waals surface area contributed by atoms with E-state index in [-0.39, 0.29) is 0 Å². The predicted octanol–water partition coefficient (Wildman–Crippen LogP) is 7.64. The van der Waals surface area contributed by atoms with Crippen molar-refractivity contribution in [2.75, 3.05) is 6.54 Å². The maximum absolute atomic E-state index is 4.26. The van der Waals surface area contributed by atoms with Crippen molar-refractivity contribution in [2.45, 2.75) is 66.2 Å². The van der Waals surface area contributed by atoms with Gasteiger partial charge in [0.25, 0.3) is 0 Å². The van der Waals surface area contributed by atoms with Gasteiger partial charge in [-0.25, -0.2) is 0 Å². The SMILES string of the molecule is C=C.C=C1C(CCc2ccc(C(C)CC)cc2)=CC=CN1CCC.CC. The first-order valence-electron chi connectivity index (χ1n) is 10.1. The molecule has 2 rings (SSSR count). The van der Waals surface area contributed by atoms with Crippen LogP contribution in [0.3, 0.4) is 0 Å². The molecule has 1 nitrogen and oxygen atoms in total. The number of allylic oxidation sites excluding steroid dienone is 3. The summed E-state index contributed by atoms with van der Waals surface area (Å²) in [4.78, 5) is 2.27. The highest BCUT2D eigenvalue weighted by molar-refractivity contribution is 5.36. The highest BCUT2D eigenvalue weighted by Gasteiger charge is 2.12. The molecule has 1 unspecified atom stereocenters. The number of benzene rings is 1. The molecule has 0 amide bonds. The number of aryl methyl sites for hydroxylation is 1. The van der Waals surface area contributed by atoms with Crippen molar-refractivity contribution in [3.05, 3.63) is 84.8 Å². The topological polar surface area (TPSA) is 3.24 Å². The minimum absolute atomic E-state index is 0.655. The smallest absolute Gasteiger partial charge is 0.0365 e. The second-order valence-electron chi connectivity index (χ2n) is 6.22. The van der Waals surface area contributed by atoms with Crippen LogP contribution in [0.5, 0.6) is 0 Å². The van der Waals surface area contributed by atoms with E-state index in [1.54, 1.807) is 0 Å². The van der Waals surface area contributed by atoms with E-state index in [4.69, 9.17) is 0 Å². The molecule has 26 heavy (non-hydrogen) atoms. The van der Waals surface area contributed by atoms with Gasteiger partial charge in [0.05, 0.1) is 0 Å². The van der Waals surface area contributed by atoms with Crippen LogP contribution in [0.15, 0.2) is 73.6 Å². The molecule has 0 aliphatic carbocycles. The normalized spacial score (nSPS) is 13.8. The fourth-order valence-corrected chi connectivity index (χ4v) is 2.84. The molecule has 0 saturated heterocycles. The van der Waals surface area contributed by atoms with Crippen LogP contribution in [0.25, 0.3) is 0 Å². The quantitative estimate of drug-likeness (QED) is 0.455. The van der Waals surface area contributed by atoms with Gasteiger partial charge in [-0.3, -0.25) is 0 Å². The molecule has 0 fully saturated rings. The van der Waals surface area contributed by atoms with Crippen LogP contribution in [0, 0.1) is 0 Å². The van der Waals surface area contributed by atoms with E-state index in [0.717, 1.165) is 25.8 Å². The molecule has 0 spiro atoms. The van der Waals surface area contributed by atoms with E-state index < -0.39 is 0 Å². The lowest BCUT2D eigenvalue weighted by atomic mass is 9.95. The summed E-state index contributed by atoms with van der Waals surface area (Å²) in [6.07, 6.45) is 11.0. The third-order valence-corrected chi connectivity index (χ3v) is 4.59. The molecule has 0 radical (unpaired) electrons. The Morgan fingerprint density at radius 1 is 1.00 bits per heavy atom.